The first-order valence-electron chi connectivity index (χ1n) is 8.16. The van der Waals surface area contributed by atoms with E-state index >= 15 is 0 Å². The normalized spacial score (nSPS) is 20.4. The third-order valence-electron chi connectivity index (χ3n) is 4.75. The number of hydrogen-bond acceptors (Lipinski definition) is 2. The number of rotatable bonds is 3. The largest absolute Gasteiger partial charge is 0.369 e. The molecule has 0 saturated carbocycles. The van der Waals surface area contributed by atoms with Crippen LogP contribution in [0.1, 0.15) is 45.6 Å². The molecule has 1 saturated heterocycles. The van der Waals surface area contributed by atoms with Crippen LogP contribution in [-0.4, -0.2) is 19.6 Å². The lowest BCUT2D eigenvalue weighted by Crippen LogP contribution is -2.28. The summed E-state index contributed by atoms with van der Waals surface area (Å²) in [5, 5.41) is 0. The maximum absolute atomic E-state index is 14.3. The Labute approximate surface area is 128 Å². The van der Waals surface area contributed by atoms with Crippen molar-refractivity contribution in [2.24, 2.45) is 17.1 Å². The van der Waals surface area contributed by atoms with Gasteiger partial charge in [-0.1, -0.05) is 32.9 Å². The van der Waals surface area contributed by atoms with Crippen LogP contribution in [-0.2, 0) is 6.42 Å². The lowest BCUT2D eigenvalue weighted by molar-refractivity contribution is 0.220. The van der Waals surface area contributed by atoms with E-state index in [9.17, 15) is 4.39 Å². The molecule has 1 aromatic carbocycles. The van der Waals surface area contributed by atoms with E-state index in [0.29, 0.717) is 17.9 Å². The highest BCUT2D eigenvalue weighted by Gasteiger charge is 2.28. The van der Waals surface area contributed by atoms with Gasteiger partial charge in [0.15, 0.2) is 0 Å². The number of hydrogen-bond donors (Lipinski definition) is 1. The van der Waals surface area contributed by atoms with Gasteiger partial charge in [-0.05, 0) is 55.2 Å². The van der Waals surface area contributed by atoms with Crippen LogP contribution >= 0.6 is 0 Å². The van der Waals surface area contributed by atoms with E-state index < -0.39 is 0 Å². The summed E-state index contributed by atoms with van der Waals surface area (Å²) in [6.45, 7) is 9.41. The van der Waals surface area contributed by atoms with Crippen molar-refractivity contribution >= 4 is 5.69 Å². The predicted octanol–water partition coefficient (Wildman–Crippen LogP) is 3.98. The molecule has 1 fully saturated rings. The minimum atomic E-state index is -0.102. The molecule has 1 aromatic rings. The first-order valence-corrected chi connectivity index (χ1v) is 8.16. The third-order valence-corrected chi connectivity index (χ3v) is 4.75. The minimum absolute atomic E-state index is 0.102. The minimum Gasteiger partial charge on any atom is -0.369 e. The SMILES string of the molecule is CC(C)(C)C1CCCN(c2c(F)cccc2CCN)CC1. The van der Waals surface area contributed by atoms with Gasteiger partial charge >= 0.3 is 0 Å². The molecular formula is C18H29FN2. The first kappa shape index (κ1) is 16.3. The molecule has 3 heteroatoms. The van der Waals surface area contributed by atoms with Crippen LogP contribution in [0.25, 0.3) is 0 Å². The van der Waals surface area contributed by atoms with Crippen molar-refractivity contribution in [1.82, 2.24) is 0 Å². The molecule has 0 bridgehead atoms. The fourth-order valence-electron chi connectivity index (χ4n) is 3.46. The Morgan fingerprint density at radius 3 is 2.67 bits per heavy atom. The molecule has 0 aliphatic carbocycles. The number of halogens is 1. The van der Waals surface area contributed by atoms with Gasteiger partial charge in [-0.25, -0.2) is 4.39 Å². The second-order valence-corrected chi connectivity index (χ2v) is 7.27. The summed E-state index contributed by atoms with van der Waals surface area (Å²) in [5.41, 5.74) is 7.85. The van der Waals surface area contributed by atoms with Crippen LogP contribution in [0, 0.1) is 17.2 Å². The lowest BCUT2D eigenvalue weighted by Gasteiger charge is -2.30. The Kier molecular flexibility index (Phi) is 5.26. The van der Waals surface area contributed by atoms with Crippen LogP contribution in [0.4, 0.5) is 10.1 Å². The zero-order valence-corrected chi connectivity index (χ0v) is 13.7. The van der Waals surface area contributed by atoms with Gasteiger partial charge in [0, 0.05) is 13.1 Å². The Balaban J connectivity index is 2.19. The molecule has 0 radical (unpaired) electrons. The number of para-hydroxylation sites is 1. The highest BCUT2D eigenvalue weighted by molar-refractivity contribution is 5.55. The van der Waals surface area contributed by atoms with E-state index in [1.165, 1.54) is 6.42 Å². The molecular weight excluding hydrogens is 263 g/mol. The fourth-order valence-corrected chi connectivity index (χ4v) is 3.46. The molecule has 0 aromatic heterocycles. The summed E-state index contributed by atoms with van der Waals surface area (Å²) >= 11 is 0. The zero-order chi connectivity index (χ0) is 15.5. The molecule has 0 spiro atoms. The van der Waals surface area contributed by atoms with Gasteiger partial charge in [0.05, 0.1) is 5.69 Å². The van der Waals surface area contributed by atoms with Gasteiger partial charge in [-0.2, -0.15) is 0 Å². The van der Waals surface area contributed by atoms with Crippen LogP contribution in [0.3, 0.4) is 0 Å². The van der Waals surface area contributed by atoms with Gasteiger partial charge in [0.2, 0.25) is 0 Å². The van der Waals surface area contributed by atoms with Gasteiger partial charge in [0.25, 0.3) is 0 Å². The first-order chi connectivity index (χ1) is 9.93. The number of benzene rings is 1. The van der Waals surface area contributed by atoms with Crippen LogP contribution in [0.15, 0.2) is 18.2 Å². The molecule has 1 unspecified atom stereocenters. The van der Waals surface area contributed by atoms with Crippen molar-refractivity contribution in [1.29, 1.82) is 0 Å². The summed E-state index contributed by atoms with van der Waals surface area (Å²) < 4.78 is 14.3. The van der Waals surface area contributed by atoms with Crippen molar-refractivity contribution in [3.8, 4) is 0 Å². The van der Waals surface area contributed by atoms with Gasteiger partial charge in [-0.3, -0.25) is 0 Å². The number of nitrogens with zero attached hydrogens (tertiary/aromatic N) is 1. The summed E-state index contributed by atoms with van der Waals surface area (Å²) in [4.78, 5) is 2.24. The van der Waals surface area contributed by atoms with Crippen molar-refractivity contribution in [2.45, 2.75) is 46.5 Å². The standard InChI is InChI=1S/C18H29FN2/c1-18(2,3)15-7-5-12-21(13-10-15)17-14(9-11-20)6-4-8-16(17)19/h4,6,8,15H,5,7,9-13,20H2,1-3H3. The average molecular weight is 292 g/mol. The van der Waals surface area contributed by atoms with E-state index in [-0.39, 0.29) is 5.82 Å². The van der Waals surface area contributed by atoms with E-state index in [4.69, 9.17) is 5.73 Å². The lowest BCUT2D eigenvalue weighted by atomic mass is 9.77. The number of nitrogens with two attached hydrogens (primary N) is 1. The molecule has 21 heavy (non-hydrogen) atoms. The molecule has 1 aliphatic rings. The van der Waals surface area contributed by atoms with E-state index in [0.717, 1.165) is 43.6 Å². The average Bonchev–Trinajstić information content (AvgIpc) is 2.64. The van der Waals surface area contributed by atoms with Gasteiger partial charge in [0.1, 0.15) is 5.82 Å². The van der Waals surface area contributed by atoms with Crippen LogP contribution in [0.5, 0.6) is 0 Å². The fraction of sp³-hybridized carbons (Fsp3) is 0.667. The summed E-state index contributed by atoms with van der Waals surface area (Å²) in [7, 11) is 0. The van der Waals surface area contributed by atoms with Crippen LogP contribution in [0.2, 0.25) is 0 Å². The van der Waals surface area contributed by atoms with E-state index in [2.05, 4.69) is 25.7 Å². The smallest absolute Gasteiger partial charge is 0.146 e. The molecule has 1 aliphatic heterocycles. The molecule has 2 N–H and O–H groups in total. The molecule has 1 heterocycles. The Morgan fingerprint density at radius 2 is 2.00 bits per heavy atom. The summed E-state index contributed by atoms with van der Waals surface area (Å²) in [6, 6.07) is 5.37. The summed E-state index contributed by atoms with van der Waals surface area (Å²) in [6.07, 6.45) is 4.26. The molecule has 0 amide bonds. The Bertz CT molecular complexity index is 465. The maximum atomic E-state index is 14.3. The predicted molar refractivity (Wildman–Crippen MR) is 88.2 cm³/mol. The Morgan fingerprint density at radius 1 is 1.24 bits per heavy atom. The highest BCUT2D eigenvalue weighted by atomic mass is 19.1. The molecule has 2 rings (SSSR count). The molecule has 1 atom stereocenters. The van der Waals surface area contributed by atoms with Gasteiger partial charge in [-0.15, -0.1) is 0 Å². The van der Waals surface area contributed by atoms with E-state index in [1.807, 2.05) is 6.07 Å². The van der Waals surface area contributed by atoms with Crippen molar-refractivity contribution in [2.75, 3.05) is 24.5 Å². The topological polar surface area (TPSA) is 29.3 Å². The Hall–Kier alpha value is -1.09. The maximum Gasteiger partial charge on any atom is 0.146 e. The van der Waals surface area contributed by atoms with E-state index in [1.54, 1.807) is 12.1 Å². The van der Waals surface area contributed by atoms with Gasteiger partial charge < -0.3 is 10.6 Å². The second kappa shape index (κ2) is 6.78. The highest BCUT2D eigenvalue weighted by Crippen LogP contribution is 2.36. The van der Waals surface area contributed by atoms with Crippen LogP contribution < -0.4 is 10.6 Å². The zero-order valence-electron chi connectivity index (χ0n) is 13.7. The quantitative estimate of drug-likeness (QED) is 0.913. The summed E-state index contributed by atoms with van der Waals surface area (Å²) in [5.74, 6) is 0.613. The monoisotopic (exact) mass is 292 g/mol. The van der Waals surface area contributed by atoms with Crippen molar-refractivity contribution in [3.05, 3.63) is 29.6 Å². The van der Waals surface area contributed by atoms with Crippen molar-refractivity contribution < 1.29 is 4.39 Å². The van der Waals surface area contributed by atoms with Crippen molar-refractivity contribution in [3.63, 3.8) is 0 Å². The number of anilines is 1. The molecule has 118 valence electrons. The molecule has 2 nitrogen and oxygen atoms in total. The third kappa shape index (κ3) is 3.97. The second-order valence-electron chi connectivity index (χ2n) is 7.27.